The number of carbonyl (C=O) groups is 1. The van der Waals surface area contributed by atoms with E-state index in [1.165, 1.54) is 24.3 Å². The zero-order chi connectivity index (χ0) is 23.1. The van der Waals surface area contributed by atoms with Gasteiger partial charge in [0, 0.05) is 22.7 Å². The zero-order valence-corrected chi connectivity index (χ0v) is 18.3. The molecule has 0 aliphatic rings. The Labute approximate surface area is 192 Å². The third-order valence-electron chi connectivity index (χ3n) is 4.56. The summed E-state index contributed by atoms with van der Waals surface area (Å²) in [6.07, 6.45) is 0. The molecule has 166 valence electrons. The molecule has 0 spiro atoms. The minimum atomic E-state index is -4.01. The van der Waals surface area contributed by atoms with Crippen molar-refractivity contribution in [1.82, 2.24) is 0 Å². The van der Waals surface area contributed by atoms with Crippen molar-refractivity contribution in [3.8, 4) is 5.75 Å². The van der Waals surface area contributed by atoms with Gasteiger partial charge in [0.1, 0.15) is 10.6 Å². The van der Waals surface area contributed by atoms with Crippen LogP contribution in [0.4, 0.5) is 27.5 Å². The lowest BCUT2D eigenvalue weighted by Gasteiger charge is -2.10. The molecule has 4 rings (SSSR count). The van der Waals surface area contributed by atoms with Crippen LogP contribution < -0.4 is 20.1 Å². The van der Waals surface area contributed by atoms with Gasteiger partial charge in [-0.05, 0) is 72.8 Å². The third kappa shape index (κ3) is 6.11. The molecule has 0 aliphatic heterocycles. The Morgan fingerprint density at radius 3 is 1.61 bits per heavy atom. The van der Waals surface area contributed by atoms with E-state index in [2.05, 4.69) is 16.0 Å². The Bertz CT molecular complexity index is 1310. The maximum atomic E-state index is 12.6. The fourth-order valence-corrected chi connectivity index (χ4v) is 3.91. The number of urea groups is 1. The van der Waals surface area contributed by atoms with Gasteiger partial charge in [0.15, 0.2) is 0 Å². The molecule has 0 aliphatic carbocycles. The van der Waals surface area contributed by atoms with E-state index in [0.717, 1.165) is 11.4 Å². The van der Waals surface area contributed by atoms with Crippen LogP contribution in [-0.2, 0) is 10.1 Å². The monoisotopic (exact) mass is 459 g/mol. The van der Waals surface area contributed by atoms with Gasteiger partial charge in [0.25, 0.3) is 0 Å². The Morgan fingerprint density at radius 1 is 0.576 bits per heavy atom. The molecule has 0 saturated heterocycles. The van der Waals surface area contributed by atoms with E-state index >= 15 is 0 Å². The number of amides is 2. The molecule has 0 atom stereocenters. The molecule has 0 aromatic heterocycles. The number of para-hydroxylation sites is 2. The molecule has 0 fully saturated rings. The van der Waals surface area contributed by atoms with E-state index in [0.29, 0.717) is 11.4 Å². The minimum Gasteiger partial charge on any atom is -0.379 e. The SMILES string of the molecule is O=C(Nc1ccccc1)Nc1ccc(OS(=O)(=O)c2ccc(Nc3ccccc3)cc2)cc1. The summed E-state index contributed by atoms with van der Waals surface area (Å²) in [6.45, 7) is 0. The second-order valence-corrected chi connectivity index (χ2v) is 8.57. The number of benzene rings is 4. The van der Waals surface area contributed by atoms with E-state index in [9.17, 15) is 13.2 Å². The average Bonchev–Trinajstić information content (AvgIpc) is 2.82. The van der Waals surface area contributed by atoms with Crippen LogP contribution in [0.5, 0.6) is 5.75 Å². The average molecular weight is 460 g/mol. The highest BCUT2D eigenvalue weighted by atomic mass is 32.2. The number of carbonyl (C=O) groups excluding carboxylic acids is 1. The van der Waals surface area contributed by atoms with E-state index in [4.69, 9.17) is 4.18 Å². The fraction of sp³-hybridized carbons (Fsp3) is 0. The lowest BCUT2D eigenvalue weighted by molar-refractivity contribution is 0.262. The Hall–Kier alpha value is -4.30. The second kappa shape index (κ2) is 9.88. The van der Waals surface area contributed by atoms with Gasteiger partial charge in [0.05, 0.1) is 0 Å². The summed E-state index contributed by atoms with van der Waals surface area (Å²) in [4.78, 5) is 12.1. The van der Waals surface area contributed by atoms with E-state index in [1.54, 1.807) is 36.4 Å². The van der Waals surface area contributed by atoms with Crippen LogP contribution in [0.25, 0.3) is 0 Å². The highest BCUT2D eigenvalue weighted by molar-refractivity contribution is 7.87. The van der Waals surface area contributed by atoms with Gasteiger partial charge in [-0.2, -0.15) is 8.42 Å². The molecule has 7 nitrogen and oxygen atoms in total. The molecule has 3 N–H and O–H groups in total. The molecule has 8 heteroatoms. The lowest BCUT2D eigenvalue weighted by Crippen LogP contribution is -2.19. The van der Waals surface area contributed by atoms with E-state index < -0.39 is 16.1 Å². The fourth-order valence-electron chi connectivity index (χ4n) is 2.98. The molecule has 2 amide bonds. The largest absolute Gasteiger partial charge is 0.379 e. The molecule has 0 saturated carbocycles. The van der Waals surface area contributed by atoms with Crippen LogP contribution in [0.3, 0.4) is 0 Å². The third-order valence-corrected chi connectivity index (χ3v) is 5.82. The number of anilines is 4. The summed E-state index contributed by atoms with van der Waals surface area (Å²) < 4.78 is 30.5. The summed E-state index contributed by atoms with van der Waals surface area (Å²) in [5.41, 5.74) is 2.80. The quantitative estimate of drug-likeness (QED) is 0.302. The molecule has 33 heavy (non-hydrogen) atoms. The number of hydrogen-bond donors (Lipinski definition) is 3. The Kier molecular flexibility index (Phi) is 6.56. The van der Waals surface area contributed by atoms with Crippen LogP contribution in [0.2, 0.25) is 0 Å². The molecule has 4 aromatic rings. The number of nitrogens with one attached hydrogen (secondary N) is 3. The van der Waals surface area contributed by atoms with Crippen LogP contribution in [-0.4, -0.2) is 14.4 Å². The standard InChI is InChI=1S/C25H21N3O4S/c29-25(27-20-9-5-2-6-10-20)28-22-11-15-23(16-12-22)32-33(30,31)24-17-13-21(14-18-24)26-19-7-3-1-4-8-19/h1-18,26H,(H2,27,28,29). The predicted octanol–water partition coefficient (Wildman–Crippen LogP) is 5.84. The van der Waals surface area contributed by atoms with Crippen LogP contribution in [0.1, 0.15) is 0 Å². The summed E-state index contributed by atoms with van der Waals surface area (Å²) in [6, 6.07) is 30.5. The summed E-state index contributed by atoms with van der Waals surface area (Å²) in [5, 5.41) is 8.57. The van der Waals surface area contributed by atoms with Crippen LogP contribution in [0, 0.1) is 0 Å². The van der Waals surface area contributed by atoms with Crippen LogP contribution in [0.15, 0.2) is 114 Å². The first-order chi connectivity index (χ1) is 16.0. The molecule has 0 radical (unpaired) electrons. The van der Waals surface area contributed by atoms with Crippen molar-refractivity contribution in [2.45, 2.75) is 4.90 Å². The first-order valence-corrected chi connectivity index (χ1v) is 11.5. The van der Waals surface area contributed by atoms with Gasteiger partial charge in [-0.25, -0.2) is 4.79 Å². The van der Waals surface area contributed by atoms with Crippen molar-refractivity contribution >= 4 is 38.9 Å². The Morgan fingerprint density at radius 2 is 1.03 bits per heavy atom. The van der Waals surface area contributed by atoms with Gasteiger partial charge in [0.2, 0.25) is 0 Å². The first kappa shape index (κ1) is 21.9. The van der Waals surface area contributed by atoms with Gasteiger partial charge < -0.3 is 20.1 Å². The zero-order valence-electron chi connectivity index (χ0n) is 17.4. The van der Waals surface area contributed by atoms with Crippen molar-refractivity contribution in [1.29, 1.82) is 0 Å². The second-order valence-electron chi connectivity index (χ2n) is 7.02. The summed E-state index contributed by atoms with van der Waals surface area (Å²) >= 11 is 0. The van der Waals surface area contributed by atoms with Crippen LogP contribution >= 0.6 is 0 Å². The van der Waals surface area contributed by atoms with Crippen molar-refractivity contribution < 1.29 is 17.4 Å². The maximum Gasteiger partial charge on any atom is 0.339 e. The molecule has 0 bridgehead atoms. The topological polar surface area (TPSA) is 96.5 Å². The molecule has 4 aromatic carbocycles. The number of hydrogen-bond acceptors (Lipinski definition) is 5. The Balaban J connectivity index is 1.36. The van der Waals surface area contributed by atoms with Crippen molar-refractivity contribution in [3.05, 3.63) is 109 Å². The summed E-state index contributed by atoms with van der Waals surface area (Å²) in [5.74, 6) is 0.135. The maximum absolute atomic E-state index is 12.6. The van der Waals surface area contributed by atoms with E-state index in [1.807, 2.05) is 48.5 Å². The highest BCUT2D eigenvalue weighted by Crippen LogP contribution is 2.23. The molecule has 0 heterocycles. The predicted molar refractivity (Wildman–Crippen MR) is 130 cm³/mol. The van der Waals surface area contributed by atoms with Crippen molar-refractivity contribution in [3.63, 3.8) is 0 Å². The molecular weight excluding hydrogens is 438 g/mol. The molecular formula is C25H21N3O4S. The first-order valence-electron chi connectivity index (χ1n) is 10.1. The summed E-state index contributed by atoms with van der Waals surface area (Å²) in [7, 11) is -4.01. The van der Waals surface area contributed by atoms with E-state index in [-0.39, 0.29) is 10.6 Å². The van der Waals surface area contributed by atoms with Gasteiger partial charge in [-0.1, -0.05) is 36.4 Å². The normalized spacial score (nSPS) is 10.8. The van der Waals surface area contributed by atoms with Crippen molar-refractivity contribution in [2.24, 2.45) is 0 Å². The highest BCUT2D eigenvalue weighted by Gasteiger charge is 2.16. The van der Waals surface area contributed by atoms with Crippen molar-refractivity contribution in [2.75, 3.05) is 16.0 Å². The van der Waals surface area contributed by atoms with Gasteiger partial charge >= 0.3 is 16.1 Å². The lowest BCUT2D eigenvalue weighted by atomic mass is 10.3. The minimum absolute atomic E-state index is 0.0329. The number of rotatable bonds is 7. The van der Waals surface area contributed by atoms with Gasteiger partial charge in [-0.15, -0.1) is 0 Å². The smallest absolute Gasteiger partial charge is 0.339 e. The molecule has 0 unspecified atom stereocenters. The van der Waals surface area contributed by atoms with Gasteiger partial charge in [-0.3, -0.25) is 0 Å².